The van der Waals surface area contributed by atoms with Crippen LogP contribution in [0.1, 0.15) is 17.2 Å². The fourth-order valence-corrected chi connectivity index (χ4v) is 2.92. The van der Waals surface area contributed by atoms with Crippen molar-refractivity contribution >= 4 is 29.9 Å². The van der Waals surface area contributed by atoms with Gasteiger partial charge in [-0.15, -0.1) is 24.0 Å². The first kappa shape index (κ1) is 24.2. The average molecular weight is 540 g/mol. The van der Waals surface area contributed by atoms with Crippen molar-refractivity contribution in [1.82, 2.24) is 25.0 Å². The largest absolute Gasteiger partial charge is 0.468 e. The first-order valence-corrected chi connectivity index (χ1v) is 9.04. The summed E-state index contributed by atoms with van der Waals surface area (Å²) in [4.78, 5) is 10.3. The number of pyridine rings is 1. The first-order valence-electron chi connectivity index (χ1n) is 9.04. The number of hydrogen-bond acceptors (Lipinski definition) is 5. The number of nitrogens with zero attached hydrogens (tertiary/aromatic N) is 5. The number of guanidine groups is 1. The third-order valence-corrected chi connectivity index (χ3v) is 4.31. The SMILES string of the molecule is CN=C(NCc1ccc(OCC(F)(F)F)nc1)N1CCOC(c2cnn(C)c2)C1.I. The van der Waals surface area contributed by atoms with Crippen LogP contribution in [0.25, 0.3) is 0 Å². The van der Waals surface area contributed by atoms with Crippen molar-refractivity contribution in [2.45, 2.75) is 18.8 Å². The second-order valence-corrected chi connectivity index (χ2v) is 6.56. The molecule has 1 aliphatic rings. The summed E-state index contributed by atoms with van der Waals surface area (Å²) >= 11 is 0. The smallest absolute Gasteiger partial charge is 0.422 e. The monoisotopic (exact) mass is 540 g/mol. The summed E-state index contributed by atoms with van der Waals surface area (Å²) in [5.41, 5.74) is 1.80. The van der Waals surface area contributed by atoms with Gasteiger partial charge in [-0.2, -0.15) is 18.3 Å². The van der Waals surface area contributed by atoms with Crippen LogP contribution in [0, 0.1) is 0 Å². The highest BCUT2D eigenvalue weighted by molar-refractivity contribution is 14.0. The first-order chi connectivity index (χ1) is 13.8. The number of alkyl halides is 3. The predicted molar refractivity (Wildman–Crippen MR) is 115 cm³/mol. The van der Waals surface area contributed by atoms with Gasteiger partial charge in [-0.05, 0) is 5.56 Å². The van der Waals surface area contributed by atoms with Gasteiger partial charge in [-0.3, -0.25) is 9.67 Å². The van der Waals surface area contributed by atoms with Gasteiger partial charge in [0.1, 0.15) is 6.10 Å². The summed E-state index contributed by atoms with van der Waals surface area (Å²) in [7, 11) is 3.56. The Bertz CT molecular complexity index is 828. The third-order valence-electron chi connectivity index (χ3n) is 4.31. The number of aromatic nitrogens is 3. The molecule has 8 nitrogen and oxygen atoms in total. The molecule has 2 aromatic heterocycles. The van der Waals surface area contributed by atoms with Crippen LogP contribution in [0.2, 0.25) is 0 Å². The molecule has 0 radical (unpaired) electrons. The fraction of sp³-hybridized carbons (Fsp3) is 0.500. The molecule has 1 aliphatic heterocycles. The van der Waals surface area contributed by atoms with E-state index in [4.69, 9.17) is 4.74 Å². The lowest BCUT2D eigenvalue weighted by Gasteiger charge is -2.34. The quantitative estimate of drug-likeness (QED) is 0.357. The van der Waals surface area contributed by atoms with Gasteiger partial charge in [0.25, 0.3) is 0 Å². The van der Waals surface area contributed by atoms with E-state index in [1.807, 2.05) is 13.2 Å². The Hall–Kier alpha value is -2.09. The molecular weight excluding hydrogens is 516 g/mol. The number of ether oxygens (including phenoxy) is 2. The molecule has 1 atom stereocenters. The highest BCUT2D eigenvalue weighted by Crippen LogP contribution is 2.22. The van der Waals surface area contributed by atoms with E-state index in [1.54, 1.807) is 24.0 Å². The molecule has 3 rings (SSSR count). The maximum atomic E-state index is 12.2. The number of hydrogen-bond donors (Lipinski definition) is 1. The van der Waals surface area contributed by atoms with E-state index >= 15 is 0 Å². The number of morpholine rings is 1. The molecule has 0 spiro atoms. The molecule has 0 bridgehead atoms. The van der Waals surface area contributed by atoms with Crippen LogP contribution in [0.15, 0.2) is 35.7 Å². The number of aryl methyl sites for hydroxylation is 1. The number of rotatable bonds is 5. The highest BCUT2D eigenvalue weighted by atomic mass is 127. The number of halogens is 4. The lowest BCUT2D eigenvalue weighted by Crippen LogP contribution is -2.47. The Labute approximate surface area is 189 Å². The fourth-order valence-electron chi connectivity index (χ4n) is 2.92. The zero-order chi connectivity index (χ0) is 20.9. The van der Waals surface area contributed by atoms with Gasteiger partial charge < -0.3 is 19.7 Å². The minimum Gasteiger partial charge on any atom is -0.468 e. The van der Waals surface area contributed by atoms with Crippen molar-refractivity contribution < 1.29 is 22.6 Å². The Kier molecular flexibility index (Phi) is 8.70. The molecule has 1 unspecified atom stereocenters. The number of aliphatic imine (C=N–C) groups is 1. The number of nitrogens with one attached hydrogen (secondary N) is 1. The average Bonchev–Trinajstić information content (AvgIpc) is 3.14. The lowest BCUT2D eigenvalue weighted by atomic mass is 10.1. The Morgan fingerprint density at radius 1 is 1.37 bits per heavy atom. The van der Waals surface area contributed by atoms with Crippen LogP contribution in [0.3, 0.4) is 0 Å². The third kappa shape index (κ3) is 7.00. The molecular formula is C18H24F3IN6O2. The van der Waals surface area contributed by atoms with Crippen LogP contribution in [-0.2, 0) is 18.3 Å². The summed E-state index contributed by atoms with van der Waals surface area (Å²) in [6.07, 6.45) is 0.712. The minimum absolute atomic E-state index is 0. The maximum Gasteiger partial charge on any atom is 0.422 e. The van der Waals surface area contributed by atoms with Crippen LogP contribution in [0.5, 0.6) is 5.88 Å². The summed E-state index contributed by atoms with van der Waals surface area (Å²) in [6, 6.07) is 3.08. The van der Waals surface area contributed by atoms with E-state index in [1.165, 1.54) is 12.3 Å². The molecule has 166 valence electrons. The summed E-state index contributed by atoms with van der Waals surface area (Å²) in [5, 5.41) is 7.43. The van der Waals surface area contributed by atoms with Crippen molar-refractivity contribution in [2.75, 3.05) is 33.4 Å². The van der Waals surface area contributed by atoms with Gasteiger partial charge in [0.15, 0.2) is 12.6 Å². The molecule has 3 heterocycles. The van der Waals surface area contributed by atoms with Crippen molar-refractivity contribution in [3.63, 3.8) is 0 Å². The molecule has 0 amide bonds. The second kappa shape index (κ2) is 10.8. The van der Waals surface area contributed by atoms with Crippen LogP contribution in [-0.4, -0.2) is 65.2 Å². The van der Waals surface area contributed by atoms with Gasteiger partial charge in [-0.1, -0.05) is 6.07 Å². The van der Waals surface area contributed by atoms with Gasteiger partial charge in [0, 0.05) is 51.2 Å². The molecule has 2 aromatic rings. The zero-order valence-corrected chi connectivity index (χ0v) is 18.9. The summed E-state index contributed by atoms with van der Waals surface area (Å²) in [5.74, 6) is 0.641. The molecule has 1 saturated heterocycles. The van der Waals surface area contributed by atoms with Gasteiger partial charge in [-0.25, -0.2) is 4.98 Å². The van der Waals surface area contributed by atoms with E-state index < -0.39 is 12.8 Å². The molecule has 0 aliphatic carbocycles. The predicted octanol–water partition coefficient (Wildman–Crippen LogP) is 2.52. The lowest BCUT2D eigenvalue weighted by molar-refractivity contribution is -0.154. The van der Waals surface area contributed by atoms with E-state index in [0.29, 0.717) is 32.2 Å². The van der Waals surface area contributed by atoms with Gasteiger partial charge in [0.05, 0.1) is 19.3 Å². The topological polar surface area (TPSA) is 76.8 Å². The van der Waals surface area contributed by atoms with Crippen LogP contribution >= 0.6 is 24.0 Å². The maximum absolute atomic E-state index is 12.2. The van der Waals surface area contributed by atoms with Crippen molar-refractivity contribution in [1.29, 1.82) is 0 Å². The van der Waals surface area contributed by atoms with E-state index in [-0.39, 0.29) is 36.0 Å². The van der Waals surface area contributed by atoms with Crippen molar-refractivity contribution in [3.05, 3.63) is 41.9 Å². The van der Waals surface area contributed by atoms with E-state index in [9.17, 15) is 13.2 Å². The van der Waals surface area contributed by atoms with Crippen LogP contribution < -0.4 is 10.1 Å². The Morgan fingerprint density at radius 3 is 2.77 bits per heavy atom. The zero-order valence-electron chi connectivity index (χ0n) is 16.6. The Morgan fingerprint density at radius 2 is 2.17 bits per heavy atom. The molecule has 1 N–H and O–H groups in total. The standard InChI is InChI=1S/C18H23F3N6O2.HI/c1-22-17(27-5-6-28-15(11-27)14-9-25-26(2)10-14)24-8-13-3-4-16(23-7-13)29-12-18(19,20)21;/h3-4,7,9-10,15H,5-6,8,11-12H2,1-2H3,(H,22,24);1H. The molecule has 0 aromatic carbocycles. The molecule has 0 saturated carbocycles. The van der Waals surface area contributed by atoms with Crippen molar-refractivity contribution in [2.24, 2.45) is 12.0 Å². The highest BCUT2D eigenvalue weighted by Gasteiger charge is 2.28. The van der Waals surface area contributed by atoms with Gasteiger partial charge >= 0.3 is 6.18 Å². The van der Waals surface area contributed by atoms with Crippen molar-refractivity contribution in [3.8, 4) is 5.88 Å². The molecule has 12 heteroatoms. The second-order valence-electron chi connectivity index (χ2n) is 6.56. The van der Waals surface area contributed by atoms with E-state index in [2.05, 4.69) is 30.0 Å². The van der Waals surface area contributed by atoms with E-state index in [0.717, 1.165) is 11.1 Å². The van der Waals surface area contributed by atoms with Gasteiger partial charge in [0.2, 0.25) is 5.88 Å². The summed E-state index contributed by atoms with van der Waals surface area (Å²) in [6.45, 7) is 0.952. The van der Waals surface area contributed by atoms with Crippen LogP contribution in [0.4, 0.5) is 13.2 Å². The normalized spacial score (nSPS) is 17.4. The molecule has 30 heavy (non-hydrogen) atoms. The summed E-state index contributed by atoms with van der Waals surface area (Å²) < 4.78 is 48.8. The minimum atomic E-state index is -4.39. The molecule has 1 fully saturated rings. The Balaban J connectivity index is 0.00000320.